The number of guanidine groups is 1. The summed E-state index contributed by atoms with van der Waals surface area (Å²) in [5.74, 6) is 0.821. The lowest BCUT2D eigenvalue weighted by Gasteiger charge is -2.33. The Hall–Kier alpha value is -0.350. The topological polar surface area (TPSA) is 53.9 Å². The molecule has 1 aliphatic heterocycles. The molecule has 1 aromatic heterocycles. The van der Waals surface area contributed by atoms with E-state index in [0.29, 0.717) is 0 Å². The smallest absolute Gasteiger partial charge is 0.308 e. The summed E-state index contributed by atoms with van der Waals surface area (Å²) >= 11 is 5.17. The quantitative estimate of drug-likeness (QED) is 0.299. The van der Waals surface area contributed by atoms with Crippen LogP contribution in [-0.4, -0.2) is 44.1 Å². The Morgan fingerprint density at radius 1 is 1.55 bits per heavy atom. The highest BCUT2D eigenvalue weighted by atomic mass is 127. The number of nitrogens with zero attached hydrogens (tertiary/aromatic N) is 2. The maximum absolute atomic E-state index is 11.5. The average molecular weight is 502 g/mol. The molecule has 0 aliphatic carbocycles. The number of nitrogens with one attached hydrogen (secondary N) is 1. The maximum Gasteiger partial charge on any atom is 0.308 e. The summed E-state index contributed by atoms with van der Waals surface area (Å²) in [6.07, 6.45) is 1.63. The number of carbonyl (C=O) groups excluding carboxylic acids is 1. The summed E-state index contributed by atoms with van der Waals surface area (Å²) in [5.41, 5.74) is 0. The molecule has 1 fully saturated rings. The first-order chi connectivity index (χ1) is 10.1. The van der Waals surface area contributed by atoms with Crippen molar-refractivity contribution in [1.29, 1.82) is 0 Å². The first-order valence-corrected chi connectivity index (χ1v) is 8.57. The van der Waals surface area contributed by atoms with Gasteiger partial charge in [-0.3, -0.25) is 9.79 Å². The molecule has 1 aromatic rings. The van der Waals surface area contributed by atoms with E-state index >= 15 is 0 Å². The first kappa shape index (κ1) is 19.7. The van der Waals surface area contributed by atoms with Gasteiger partial charge in [-0.2, -0.15) is 0 Å². The van der Waals surface area contributed by atoms with Gasteiger partial charge in [0.15, 0.2) is 5.96 Å². The fourth-order valence-corrected chi connectivity index (χ4v) is 3.83. The number of esters is 1. The van der Waals surface area contributed by atoms with Crippen LogP contribution in [0.5, 0.6) is 0 Å². The van der Waals surface area contributed by atoms with Gasteiger partial charge in [0, 0.05) is 34.9 Å². The summed E-state index contributed by atoms with van der Waals surface area (Å²) in [5, 5.41) is 5.45. The van der Waals surface area contributed by atoms with Crippen LogP contribution < -0.4 is 5.32 Å². The molecule has 5 nitrogen and oxygen atoms in total. The molecule has 124 valence electrons. The van der Waals surface area contributed by atoms with E-state index < -0.39 is 0 Å². The molecule has 2 heterocycles. The third-order valence-electron chi connectivity index (χ3n) is 3.58. The van der Waals surface area contributed by atoms with E-state index in [9.17, 15) is 4.79 Å². The number of methoxy groups -OCH3 is 1. The number of carbonyl (C=O) groups is 1. The predicted octanol–water partition coefficient (Wildman–Crippen LogP) is 3.09. The van der Waals surface area contributed by atoms with E-state index in [2.05, 4.69) is 42.6 Å². The SMILES string of the molecule is CN=C(NCc1cc(Br)cs1)N1CCC(C(=O)OC)CC1.I. The molecule has 0 unspecified atom stereocenters. The molecule has 1 aliphatic rings. The molecule has 0 spiro atoms. The zero-order valence-electron chi connectivity index (χ0n) is 12.7. The van der Waals surface area contributed by atoms with Gasteiger partial charge in [0.25, 0.3) is 0 Å². The van der Waals surface area contributed by atoms with Crippen molar-refractivity contribution < 1.29 is 9.53 Å². The van der Waals surface area contributed by atoms with Crippen molar-refractivity contribution in [2.75, 3.05) is 27.2 Å². The number of piperidine rings is 1. The molecule has 1 N–H and O–H groups in total. The molecule has 0 amide bonds. The molecule has 1 saturated heterocycles. The lowest BCUT2D eigenvalue weighted by atomic mass is 9.97. The molecular formula is C14H21BrIN3O2S. The van der Waals surface area contributed by atoms with Gasteiger partial charge >= 0.3 is 5.97 Å². The van der Waals surface area contributed by atoms with E-state index in [1.807, 2.05) is 0 Å². The average Bonchev–Trinajstić information content (AvgIpc) is 2.93. The van der Waals surface area contributed by atoms with Gasteiger partial charge in [-0.15, -0.1) is 35.3 Å². The lowest BCUT2D eigenvalue weighted by Crippen LogP contribution is -2.46. The van der Waals surface area contributed by atoms with Crippen molar-refractivity contribution >= 4 is 63.2 Å². The van der Waals surface area contributed by atoms with Crippen LogP contribution in [0.4, 0.5) is 0 Å². The van der Waals surface area contributed by atoms with Gasteiger partial charge in [0.1, 0.15) is 0 Å². The van der Waals surface area contributed by atoms with Crippen molar-refractivity contribution in [3.05, 3.63) is 20.8 Å². The second-order valence-corrected chi connectivity index (χ2v) is 6.83. The largest absolute Gasteiger partial charge is 0.469 e. The zero-order valence-corrected chi connectivity index (χ0v) is 17.4. The van der Waals surface area contributed by atoms with E-state index in [4.69, 9.17) is 4.74 Å². The van der Waals surface area contributed by atoms with Gasteiger partial charge < -0.3 is 15.0 Å². The van der Waals surface area contributed by atoms with E-state index in [-0.39, 0.29) is 35.9 Å². The Balaban J connectivity index is 0.00000242. The number of thiophene rings is 1. The first-order valence-electron chi connectivity index (χ1n) is 6.90. The third-order valence-corrected chi connectivity index (χ3v) is 5.28. The number of halogens is 2. The normalized spacial score (nSPS) is 16.1. The van der Waals surface area contributed by atoms with Crippen LogP contribution in [0.3, 0.4) is 0 Å². The number of rotatable bonds is 3. The summed E-state index contributed by atoms with van der Waals surface area (Å²) in [4.78, 5) is 19.3. The maximum atomic E-state index is 11.5. The van der Waals surface area contributed by atoms with Crippen molar-refractivity contribution in [2.24, 2.45) is 10.9 Å². The second-order valence-electron chi connectivity index (χ2n) is 4.92. The Bertz CT molecular complexity index is 516. The molecule has 0 aromatic carbocycles. The van der Waals surface area contributed by atoms with Crippen LogP contribution in [0.2, 0.25) is 0 Å². The molecule has 0 radical (unpaired) electrons. The fourth-order valence-electron chi connectivity index (χ4n) is 2.44. The van der Waals surface area contributed by atoms with Crippen LogP contribution in [0.25, 0.3) is 0 Å². The highest BCUT2D eigenvalue weighted by molar-refractivity contribution is 14.0. The zero-order chi connectivity index (χ0) is 15.2. The fraction of sp³-hybridized carbons (Fsp3) is 0.571. The van der Waals surface area contributed by atoms with Crippen LogP contribution in [0.1, 0.15) is 17.7 Å². The van der Waals surface area contributed by atoms with Crippen LogP contribution in [0.15, 0.2) is 20.9 Å². The predicted molar refractivity (Wildman–Crippen MR) is 104 cm³/mol. The molecule has 0 bridgehead atoms. The highest BCUT2D eigenvalue weighted by Crippen LogP contribution is 2.20. The van der Waals surface area contributed by atoms with Gasteiger partial charge in [-0.25, -0.2) is 0 Å². The third kappa shape index (κ3) is 5.38. The standard InChI is InChI=1S/C14H20BrN3O2S.HI/c1-16-14(17-8-12-7-11(15)9-21-12)18-5-3-10(4-6-18)13(19)20-2;/h7,9-10H,3-6,8H2,1-2H3,(H,16,17);1H. The summed E-state index contributed by atoms with van der Waals surface area (Å²) in [6.45, 7) is 2.42. The summed E-state index contributed by atoms with van der Waals surface area (Å²) in [6, 6.07) is 2.11. The summed E-state index contributed by atoms with van der Waals surface area (Å²) in [7, 11) is 3.24. The van der Waals surface area contributed by atoms with Crippen LogP contribution >= 0.6 is 51.2 Å². The van der Waals surface area contributed by atoms with E-state index in [0.717, 1.165) is 42.9 Å². The van der Waals surface area contributed by atoms with Gasteiger partial charge in [-0.05, 0) is 34.8 Å². The van der Waals surface area contributed by atoms with Gasteiger partial charge in [-0.1, -0.05) is 0 Å². The second kappa shape index (κ2) is 9.71. The Morgan fingerprint density at radius 2 is 2.23 bits per heavy atom. The Morgan fingerprint density at radius 3 is 2.73 bits per heavy atom. The molecule has 8 heteroatoms. The van der Waals surface area contributed by atoms with Crippen molar-refractivity contribution in [1.82, 2.24) is 10.2 Å². The van der Waals surface area contributed by atoms with E-state index in [1.54, 1.807) is 18.4 Å². The number of likely N-dealkylation sites (tertiary alicyclic amines) is 1. The highest BCUT2D eigenvalue weighted by Gasteiger charge is 2.26. The molecule has 2 rings (SSSR count). The minimum Gasteiger partial charge on any atom is -0.469 e. The van der Waals surface area contributed by atoms with Gasteiger partial charge in [0.2, 0.25) is 0 Å². The van der Waals surface area contributed by atoms with Crippen LogP contribution in [-0.2, 0) is 16.1 Å². The molecular weight excluding hydrogens is 481 g/mol. The molecule has 0 saturated carbocycles. The molecule has 22 heavy (non-hydrogen) atoms. The Kier molecular flexibility index (Phi) is 8.70. The number of hydrogen-bond donors (Lipinski definition) is 1. The monoisotopic (exact) mass is 501 g/mol. The Labute approximate surface area is 160 Å². The number of aliphatic imine (C=N–C) groups is 1. The summed E-state index contributed by atoms with van der Waals surface area (Å²) < 4.78 is 5.92. The van der Waals surface area contributed by atoms with Crippen molar-refractivity contribution in [2.45, 2.75) is 19.4 Å². The van der Waals surface area contributed by atoms with Gasteiger partial charge in [0.05, 0.1) is 19.6 Å². The van der Waals surface area contributed by atoms with E-state index in [1.165, 1.54) is 12.0 Å². The minimum atomic E-state index is -0.0963. The van der Waals surface area contributed by atoms with Crippen molar-refractivity contribution in [3.63, 3.8) is 0 Å². The minimum absolute atomic E-state index is 0. The van der Waals surface area contributed by atoms with Crippen LogP contribution in [0, 0.1) is 5.92 Å². The molecule has 0 atom stereocenters. The number of hydrogen-bond acceptors (Lipinski definition) is 4. The lowest BCUT2D eigenvalue weighted by molar-refractivity contribution is -0.146. The number of ether oxygens (including phenoxy) is 1. The van der Waals surface area contributed by atoms with Crippen molar-refractivity contribution in [3.8, 4) is 0 Å².